The number of hydrogen-bond donors (Lipinski definition) is 0. The molecule has 0 spiro atoms. The zero-order valence-electron chi connectivity index (χ0n) is 53.2. The minimum Gasteiger partial charge on any atom is -0.463 e. The van der Waals surface area contributed by atoms with Gasteiger partial charge in [-0.25, -0.2) is 4.79 Å². The van der Waals surface area contributed by atoms with E-state index in [1.807, 2.05) is 67.6 Å². The summed E-state index contributed by atoms with van der Waals surface area (Å²) in [4.78, 5) is 106. The lowest BCUT2D eigenvalue weighted by Gasteiger charge is -2.53. The summed E-state index contributed by atoms with van der Waals surface area (Å²) >= 11 is 0. The van der Waals surface area contributed by atoms with E-state index in [2.05, 4.69) is 0 Å². The Balaban J connectivity index is 1.10. The summed E-state index contributed by atoms with van der Waals surface area (Å²) in [5.41, 5.74) is 2.16. The predicted molar refractivity (Wildman–Crippen MR) is 316 cm³/mol. The highest BCUT2D eigenvalue weighted by molar-refractivity contribution is 5.89. The van der Waals surface area contributed by atoms with Gasteiger partial charge in [0.2, 0.25) is 0 Å². The van der Waals surface area contributed by atoms with Crippen molar-refractivity contribution < 1.29 is 133 Å². The molecule has 512 valence electrons. The highest BCUT2D eigenvalue weighted by Crippen LogP contribution is 2.44. The van der Waals surface area contributed by atoms with E-state index in [1.165, 1.54) is 12.1 Å². The van der Waals surface area contributed by atoms with Gasteiger partial charge in [-0.05, 0) is 17.7 Å². The van der Waals surface area contributed by atoms with Gasteiger partial charge in [0.15, 0.2) is 74.4 Å². The quantitative estimate of drug-likeness (QED) is 0.0727. The molecular formula is C67H76O28. The Hall–Kier alpha value is -7.84. The molecule has 6 aliphatic rings. The Morgan fingerprint density at radius 3 is 1.24 bits per heavy atom. The Morgan fingerprint density at radius 1 is 0.379 bits per heavy atom. The second-order valence-corrected chi connectivity index (χ2v) is 23.2. The van der Waals surface area contributed by atoms with E-state index in [9.17, 15) is 38.4 Å². The van der Waals surface area contributed by atoms with Crippen molar-refractivity contribution >= 4 is 47.8 Å². The zero-order chi connectivity index (χ0) is 67.4. The van der Waals surface area contributed by atoms with Crippen molar-refractivity contribution in [1.82, 2.24) is 0 Å². The summed E-state index contributed by atoms with van der Waals surface area (Å²) in [7, 11) is 0. The van der Waals surface area contributed by atoms with E-state index >= 15 is 0 Å². The molecule has 0 radical (unpaired) electrons. The van der Waals surface area contributed by atoms with Crippen LogP contribution >= 0.6 is 0 Å². The Labute approximate surface area is 546 Å². The molecule has 0 amide bonds. The molecule has 4 aromatic carbocycles. The number of carbonyl (C=O) groups is 8. The zero-order valence-corrected chi connectivity index (χ0v) is 53.2. The summed E-state index contributed by atoms with van der Waals surface area (Å²) < 4.78 is 127. The van der Waals surface area contributed by atoms with Crippen molar-refractivity contribution in [2.75, 3.05) is 26.4 Å². The van der Waals surface area contributed by atoms with Gasteiger partial charge >= 0.3 is 47.8 Å². The molecule has 0 N–H and O–H groups in total. The Bertz CT molecular complexity index is 3250. The number of fused-ring (bicyclic) bond motifs is 2. The molecule has 10 rings (SSSR count). The molecule has 0 aliphatic carbocycles. The molecular weight excluding hydrogens is 1250 g/mol. The minimum absolute atomic E-state index is 0.0130. The molecule has 6 heterocycles. The van der Waals surface area contributed by atoms with E-state index in [0.717, 1.165) is 54.0 Å². The Morgan fingerprint density at radius 2 is 0.758 bits per heavy atom. The van der Waals surface area contributed by atoms with Crippen molar-refractivity contribution in [1.29, 1.82) is 0 Å². The van der Waals surface area contributed by atoms with Crippen LogP contribution in [0.15, 0.2) is 121 Å². The summed E-state index contributed by atoms with van der Waals surface area (Å²) in [6, 6.07) is 35.5. The van der Waals surface area contributed by atoms with Crippen LogP contribution in [0.5, 0.6) is 0 Å². The lowest BCUT2D eigenvalue weighted by molar-refractivity contribution is -0.415. The lowest BCUT2D eigenvalue weighted by atomic mass is 9.90. The van der Waals surface area contributed by atoms with Crippen LogP contribution < -0.4 is 0 Å². The van der Waals surface area contributed by atoms with Gasteiger partial charge in [-0.3, -0.25) is 33.6 Å². The van der Waals surface area contributed by atoms with Crippen LogP contribution in [0.1, 0.15) is 95.0 Å². The van der Waals surface area contributed by atoms with Crippen molar-refractivity contribution in [3.8, 4) is 0 Å². The summed E-state index contributed by atoms with van der Waals surface area (Å²) in [5.74, 6) is -8.19. The smallest absolute Gasteiger partial charge is 0.338 e. The van der Waals surface area contributed by atoms with Gasteiger partial charge in [0, 0.05) is 65.5 Å². The molecule has 28 heteroatoms. The van der Waals surface area contributed by atoms with E-state index in [1.54, 1.807) is 48.5 Å². The standard InChI is InChI=1S/C67H76O28/c1-34-50(51-48(32-79-63(92-51)44-25-17-11-18-26-44)86-62(34)78-29-42-21-13-9-14-22-42)91-67-60(90-61(75)43-23-15-10-16-24-43)57(54-49(89-67)33-80-64(93-54)45-27-19-12-20-28-45)95-66-59(85-41(8)74)56(53(82-38(5)71)47(88-66)31-77-36(3)69)94-65-58(84-40(7)73)55(83-39(6)72)52(81-37(4)70)46(87-65)30-76-35(2)68/h9-28,34,46-60,62-67H,29-33H2,1-8H3/t34?,46?,47?,48?,49?,50-,51-,52-,53-,54-,55+,56+,57+,58?,59?,60?,62+,63?,64?,65+,66+,67+/m1/s1. The maximum atomic E-state index is 14.9. The monoisotopic (exact) mass is 1330 g/mol. The normalized spacial score (nSPS) is 33.5. The minimum atomic E-state index is -2.04. The molecule has 28 nitrogen and oxygen atoms in total. The second kappa shape index (κ2) is 32.3. The maximum absolute atomic E-state index is 14.9. The highest BCUT2D eigenvalue weighted by Gasteiger charge is 2.62. The van der Waals surface area contributed by atoms with Gasteiger partial charge in [0.25, 0.3) is 0 Å². The third-order valence-electron chi connectivity index (χ3n) is 16.0. The average molecular weight is 1330 g/mol. The van der Waals surface area contributed by atoms with Crippen LogP contribution in [0, 0.1) is 5.92 Å². The average Bonchev–Trinajstić information content (AvgIpc) is 0.755. The van der Waals surface area contributed by atoms with Crippen molar-refractivity contribution in [3.05, 3.63) is 144 Å². The van der Waals surface area contributed by atoms with Gasteiger partial charge < -0.3 is 94.7 Å². The molecule has 22 atom stereocenters. The van der Waals surface area contributed by atoms with Crippen molar-refractivity contribution in [2.24, 2.45) is 5.92 Å². The molecule has 6 saturated heterocycles. The topological polar surface area (TPSA) is 321 Å². The first-order valence-electron chi connectivity index (χ1n) is 30.9. The van der Waals surface area contributed by atoms with Crippen LogP contribution in [0.25, 0.3) is 0 Å². The number of benzene rings is 4. The first-order chi connectivity index (χ1) is 45.7. The highest BCUT2D eigenvalue weighted by atomic mass is 16.8. The summed E-state index contributed by atoms with van der Waals surface area (Å²) in [6.45, 7) is 7.61. The number of hydrogen-bond acceptors (Lipinski definition) is 28. The number of rotatable bonds is 22. The molecule has 6 fully saturated rings. The van der Waals surface area contributed by atoms with Gasteiger partial charge in [0.1, 0.15) is 62.0 Å². The van der Waals surface area contributed by atoms with Gasteiger partial charge in [-0.2, -0.15) is 0 Å². The fraction of sp³-hybridized carbons (Fsp3) is 0.522. The van der Waals surface area contributed by atoms with Crippen LogP contribution in [-0.4, -0.2) is 191 Å². The largest absolute Gasteiger partial charge is 0.463 e. The van der Waals surface area contributed by atoms with Crippen LogP contribution in [0.3, 0.4) is 0 Å². The molecule has 4 aromatic rings. The third-order valence-corrected chi connectivity index (χ3v) is 16.0. The fourth-order valence-corrected chi connectivity index (χ4v) is 12.0. The number of esters is 8. The first kappa shape index (κ1) is 70.0. The second-order valence-electron chi connectivity index (χ2n) is 23.2. The van der Waals surface area contributed by atoms with E-state index in [4.69, 9.17) is 94.7 Å². The molecule has 0 saturated carbocycles. The molecule has 95 heavy (non-hydrogen) atoms. The Kier molecular flexibility index (Phi) is 23.8. The summed E-state index contributed by atoms with van der Waals surface area (Å²) in [6.07, 6.45) is -31.9. The number of carbonyl (C=O) groups excluding carboxylic acids is 8. The van der Waals surface area contributed by atoms with Crippen LogP contribution in [0.2, 0.25) is 0 Å². The van der Waals surface area contributed by atoms with Gasteiger partial charge in [-0.15, -0.1) is 0 Å². The number of ether oxygens (including phenoxy) is 20. The maximum Gasteiger partial charge on any atom is 0.338 e. The fourth-order valence-electron chi connectivity index (χ4n) is 12.0. The molecule has 6 aliphatic heterocycles. The SMILES string of the molecule is CC(=O)OCC1O[C@@H](O[C@@H]2C(OC(C)=O)[C@H](O[C@@H]3C(OC(=O)c4ccccc4)[C@H](O[C@@H]4C(C)[C@@H](OCc5ccccc5)OC5COC(c6ccccc6)O[C@H]54)OC4COC(c5ccccc5)O[C@H]43)OC(COC(C)=O)[C@H]2OC(C)=O)C(OC(C)=O)[C@@H](OC(C)=O)[C@@H]1OC(C)=O. The van der Waals surface area contributed by atoms with E-state index < -0.39 is 196 Å². The van der Waals surface area contributed by atoms with E-state index in [0.29, 0.717) is 11.1 Å². The van der Waals surface area contributed by atoms with E-state index in [-0.39, 0.29) is 25.4 Å². The lowest BCUT2D eigenvalue weighted by Crippen LogP contribution is -2.70. The third kappa shape index (κ3) is 17.8. The molecule has 0 aromatic heterocycles. The summed E-state index contributed by atoms with van der Waals surface area (Å²) in [5, 5.41) is 0. The van der Waals surface area contributed by atoms with Gasteiger partial charge in [-0.1, -0.05) is 116 Å². The van der Waals surface area contributed by atoms with Gasteiger partial charge in [0.05, 0.1) is 31.5 Å². The predicted octanol–water partition coefficient (Wildman–Crippen LogP) is 5.13. The molecule has 10 unspecified atom stereocenters. The molecule has 0 bridgehead atoms. The first-order valence-corrected chi connectivity index (χ1v) is 30.9. The van der Waals surface area contributed by atoms with Crippen LogP contribution in [-0.2, 0) is 135 Å². The van der Waals surface area contributed by atoms with Crippen molar-refractivity contribution in [2.45, 2.75) is 191 Å². The van der Waals surface area contributed by atoms with Crippen molar-refractivity contribution in [3.63, 3.8) is 0 Å². The van der Waals surface area contributed by atoms with Crippen LogP contribution in [0.4, 0.5) is 0 Å².